The molecule has 4 rings (SSSR count). The SMILES string of the molecule is COc1cccc(N2C(=O)[C@@H]3C[C@@H](NC(=O)c4cccn4C)CCN3C2=O)c1. The monoisotopic (exact) mass is 382 g/mol. The number of nitrogens with zero attached hydrogens (tertiary/aromatic N) is 3. The lowest BCUT2D eigenvalue weighted by Gasteiger charge is -2.32. The van der Waals surface area contributed by atoms with Gasteiger partial charge in [-0.25, -0.2) is 9.69 Å². The molecule has 1 aromatic carbocycles. The molecule has 146 valence electrons. The molecule has 0 radical (unpaired) electrons. The number of hydrogen-bond donors (Lipinski definition) is 1. The van der Waals surface area contributed by atoms with Crippen molar-refractivity contribution in [3.8, 4) is 5.75 Å². The van der Waals surface area contributed by atoms with E-state index in [0.717, 1.165) is 0 Å². The van der Waals surface area contributed by atoms with Crippen LogP contribution >= 0.6 is 0 Å². The van der Waals surface area contributed by atoms with Gasteiger partial charge in [-0.3, -0.25) is 9.59 Å². The number of rotatable bonds is 4. The van der Waals surface area contributed by atoms with Crippen LogP contribution in [0.2, 0.25) is 0 Å². The van der Waals surface area contributed by atoms with Gasteiger partial charge in [0.05, 0.1) is 12.8 Å². The second-order valence-corrected chi connectivity index (χ2v) is 7.07. The van der Waals surface area contributed by atoms with Crippen molar-refractivity contribution in [1.82, 2.24) is 14.8 Å². The quantitative estimate of drug-likeness (QED) is 0.817. The van der Waals surface area contributed by atoms with Crippen LogP contribution in [0.3, 0.4) is 0 Å². The number of amides is 4. The van der Waals surface area contributed by atoms with Gasteiger partial charge in [-0.05, 0) is 37.1 Å². The molecule has 0 unspecified atom stereocenters. The average Bonchev–Trinajstić information content (AvgIpc) is 3.23. The molecule has 0 saturated carbocycles. The third-order valence-electron chi connectivity index (χ3n) is 5.37. The summed E-state index contributed by atoms with van der Waals surface area (Å²) in [5, 5.41) is 2.99. The van der Waals surface area contributed by atoms with Crippen LogP contribution in [0.25, 0.3) is 0 Å². The van der Waals surface area contributed by atoms with E-state index in [9.17, 15) is 14.4 Å². The molecule has 28 heavy (non-hydrogen) atoms. The zero-order valence-corrected chi connectivity index (χ0v) is 15.8. The van der Waals surface area contributed by atoms with Crippen molar-refractivity contribution >= 4 is 23.5 Å². The molecule has 8 nitrogen and oxygen atoms in total. The molecule has 2 fully saturated rings. The topological polar surface area (TPSA) is 83.9 Å². The Hall–Kier alpha value is -3.29. The maximum Gasteiger partial charge on any atom is 0.332 e. The standard InChI is InChI=1S/C20H22N4O4/c1-22-9-4-7-16(22)18(25)21-13-8-10-23-17(11-13)19(26)24(20(23)27)14-5-3-6-15(12-14)28-2/h3-7,9,12-13,17H,8,10-11H2,1-2H3,(H,21,25)/t13-,17-/m0/s1. The minimum absolute atomic E-state index is 0.161. The number of carbonyl (C=O) groups is 3. The molecule has 3 heterocycles. The molecule has 2 atom stereocenters. The van der Waals surface area contributed by atoms with Crippen molar-refractivity contribution in [2.75, 3.05) is 18.6 Å². The van der Waals surface area contributed by atoms with Crippen molar-refractivity contribution in [3.05, 3.63) is 48.3 Å². The molecule has 1 N–H and O–H groups in total. The summed E-state index contributed by atoms with van der Waals surface area (Å²) in [6.07, 6.45) is 2.82. The minimum Gasteiger partial charge on any atom is -0.497 e. The van der Waals surface area contributed by atoms with E-state index in [1.807, 2.05) is 19.3 Å². The van der Waals surface area contributed by atoms with E-state index >= 15 is 0 Å². The molecule has 2 saturated heterocycles. The first-order valence-corrected chi connectivity index (χ1v) is 9.20. The third kappa shape index (κ3) is 3.00. The van der Waals surface area contributed by atoms with Crippen molar-refractivity contribution < 1.29 is 19.1 Å². The first kappa shape index (κ1) is 18.1. The molecule has 2 aliphatic rings. The Bertz CT molecular complexity index is 938. The fraction of sp³-hybridized carbons (Fsp3) is 0.350. The summed E-state index contributed by atoms with van der Waals surface area (Å²) in [5.41, 5.74) is 1.06. The Labute approximate surface area is 162 Å². The lowest BCUT2D eigenvalue weighted by atomic mass is 9.98. The fourth-order valence-electron chi connectivity index (χ4n) is 3.87. The molecule has 8 heteroatoms. The Kier molecular flexibility index (Phi) is 4.54. The van der Waals surface area contributed by atoms with Gasteiger partial charge in [0.2, 0.25) is 0 Å². The summed E-state index contributed by atoms with van der Waals surface area (Å²) in [6, 6.07) is 9.40. The van der Waals surface area contributed by atoms with E-state index in [2.05, 4.69) is 5.32 Å². The highest BCUT2D eigenvalue weighted by Gasteiger charge is 2.48. The Morgan fingerprint density at radius 3 is 2.75 bits per heavy atom. The highest BCUT2D eigenvalue weighted by atomic mass is 16.5. The number of carbonyl (C=O) groups excluding carboxylic acids is 3. The fourth-order valence-corrected chi connectivity index (χ4v) is 3.87. The Morgan fingerprint density at radius 2 is 2.04 bits per heavy atom. The third-order valence-corrected chi connectivity index (χ3v) is 5.37. The van der Waals surface area contributed by atoms with Crippen molar-refractivity contribution in [2.45, 2.75) is 24.9 Å². The molecular formula is C20H22N4O4. The second-order valence-electron chi connectivity index (χ2n) is 7.07. The number of aryl methyl sites for hydroxylation is 1. The van der Waals surface area contributed by atoms with E-state index in [1.54, 1.807) is 39.8 Å². The molecule has 0 spiro atoms. The van der Waals surface area contributed by atoms with Gasteiger partial charge >= 0.3 is 6.03 Å². The second kappa shape index (κ2) is 7.03. The van der Waals surface area contributed by atoms with Crippen LogP contribution in [0.1, 0.15) is 23.3 Å². The van der Waals surface area contributed by atoms with Crippen LogP contribution in [0, 0.1) is 0 Å². The minimum atomic E-state index is -0.564. The first-order valence-electron chi connectivity index (χ1n) is 9.20. The molecule has 2 aromatic rings. The predicted octanol–water partition coefficient (Wildman–Crippen LogP) is 1.76. The lowest BCUT2D eigenvalue weighted by molar-refractivity contribution is -0.120. The predicted molar refractivity (Wildman–Crippen MR) is 102 cm³/mol. The lowest BCUT2D eigenvalue weighted by Crippen LogP contribution is -2.50. The number of aromatic nitrogens is 1. The van der Waals surface area contributed by atoms with Crippen LogP contribution in [0.5, 0.6) is 5.75 Å². The Balaban J connectivity index is 1.50. The smallest absolute Gasteiger partial charge is 0.332 e. The van der Waals surface area contributed by atoms with E-state index in [-0.39, 0.29) is 23.9 Å². The molecule has 4 amide bonds. The number of urea groups is 1. The Morgan fingerprint density at radius 1 is 1.21 bits per heavy atom. The number of fused-ring (bicyclic) bond motifs is 1. The van der Waals surface area contributed by atoms with Crippen LogP contribution < -0.4 is 15.0 Å². The van der Waals surface area contributed by atoms with Gasteiger partial charge < -0.3 is 19.5 Å². The van der Waals surface area contributed by atoms with Crippen molar-refractivity contribution in [2.24, 2.45) is 7.05 Å². The molecule has 2 aliphatic heterocycles. The number of ether oxygens (including phenoxy) is 1. The van der Waals surface area contributed by atoms with Crippen molar-refractivity contribution in [3.63, 3.8) is 0 Å². The summed E-state index contributed by atoms with van der Waals surface area (Å²) in [4.78, 5) is 41.0. The number of piperidine rings is 1. The maximum atomic E-state index is 13.0. The van der Waals surface area contributed by atoms with Gasteiger partial charge in [-0.2, -0.15) is 0 Å². The van der Waals surface area contributed by atoms with Gasteiger partial charge in [0.1, 0.15) is 17.5 Å². The van der Waals surface area contributed by atoms with E-state index in [1.165, 1.54) is 12.0 Å². The van der Waals surface area contributed by atoms with E-state index < -0.39 is 6.04 Å². The molecule has 0 aliphatic carbocycles. The summed E-state index contributed by atoms with van der Waals surface area (Å²) in [7, 11) is 3.35. The zero-order valence-electron chi connectivity index (χ0n) is 15.8. The van der Waals surface area contributed by atoms with Crippen LogP contribution in [-0.4, -0.2) is 53.1 Å². The van der Waals surface area contributed by atoms with Gasteiger partial charge in [0.15, 0.2) is 0 Å². The van der Waals surface area contributed by atoms with Crippen molar-refractivity contribution in [1.29, 1.82) is 0 Å². The highest BCUT2D eigenvalue weighted by Crippen LogP contribution is 2.32. The number of hydrogen-bond acceptors (Lipinski definition) is 4. The summed E-state index contributed by atoms with van der Waals surface area (Å²) < 4.78 is 6.95. The average molecular weight is 382 g/mol. The number of benzene rings is 1. The van der Waals surface area contributed by atoms with E-state index in [0.29, 0.717) is 36.5 Å². The molecule has 0 bridgehead atoms. The first-order chi connectivity index (χ1) is 13.5. The summed E-state index contributed by atoms with van der Waals surface area (Å²) in [6.45, 7) is 0.424. The van der Waals surface area contributed by atoms with Gasteiger partial charge in [0.25, 0.3) is 11.8 Å². The summed E-state index contributed by atoms with van der Waals surface area (Å²) in [5.74, 6) is 0.138. The normalized spacial score (nSPS) is 21.6. The zero-order chi connectivity index (χ0) is 19.8. The molecular weight excluding hydrogens is 360 g/mol. The number of methoxy groups -OCH3 is 1. The van der Waals surface area contributed by atoms with Crippen LogP contribution in [0.15, 0.2) is 42.6 Å². The van der Waals surface area contributed by atoms with Crippen LogP contribution in [0.4, 0.5) is 10.5 Å². The van der Waals surface area contributed by atoms with Gasteiger partial charge in [-0.15, -0.1) is 0 Å². The number of imide groups is 1. The van der Waals surface area contributed by atoms with Crippen LogP contribution in [-0.2, 0) is 11.8 Å². The molecule has 1 aromatic heterocycles. The largest absolute Gasteiger partial charge is 0.497 e. The maximum absolute atomic E-state index is 13.0. The summed E-state index contributed by atoms with van der Waals surface area (Å²) >= 11 is 0. The number of anilines is 1. The number of nitrogens with one attached hydrogen (secondary N) is 1. The highest BCUT2D eigenvalue weighted by molar-refractivity contribution is 6.21. The van der Waals surface area contributed by atoms with E-state index in [4.69, 9.17) is 4.74 Å². The van der Waals surface area contributed by atoms with Gasteiger partial charge in [-0.1, -0.05) is 6.07 Å². The van der Waals surface area contributed by atoms with Gasteiger partial charge in [0, 0.05) is 31.9 Å².